The number of methoxy groups -OCH3 is 2. The van der Waals surface area contributed by atoms with Crippen LogP contribution in [-0.4, -0.2) is 27.4 Å². The van der Waals surface area contributed by atoms with Crippen LogP contribution in [-0.2, 0) is 0 Å². The molecule has 2 aromatic carbocycles. The molecule has 2 rings (SSSR count). The second-order valence-electron chi connectivity index (χ2n) is 4.32. The third kappa shape index (κ3) is 3.83. The smallest absolute Gasteiger partial charge is 0.179 e. The van der Waals surface area contributed by atoms with Crippen LogP contribution in [0.3, 0.4) is 0 Å². The lowest BCUT2D eigenvalue weighted by Gasteiger charge is -2.12. The van der Waals surface area contributed by atoms with Crippen LogP contribution in [0, 0.1) is 11.3 Å². The minimum Gasteiger partial charge on any atom is -0.497 e. The minimum atomic E-state index is 0.307. The zero-order valence-corrected chi connectivity index (χ0v) is 12.5. The van der Waals surface area contributed by atoms with Gasteiger partial charge < -0.3 is 18.9 Å². The lowest BCUT2D eigenvalue weighted by atomic mass is 10.2. The van der Waals surface area contributed by atoms with Crippen LogP contribution in [0.2, 0.25) is 0 Å². The standard InChI is InChI=1S/C17H17NO4/c1-19-14-6-8-15(9-7-14)21-10-11-22-17-13(12-18)4-3-5-16(17)20-2/h3-9H,10-11H2,1-2H3. The zero-order chi connectivity index (χ0) is 15.8. The molecule has 0 saturated carbocycles. The predicted molar refractivity (Wildman–Crippen MR) is 81.7 cm³/mol. The van der Waals surface area contributed by atoms with Gasteiger partial charge in [-0.2, -0.15) is 5.26 Å². The van der Waals surface area contributed by atoms with Crippen LogP contribution in [0.25, 0.3) is 0 Å². The molecule has 0 saturated heterocycles. The summed E-state index contributed by atoms with van der Waals surface area (Å²) in [5.74, 6) is 2.47. The number of nitriles is 1. The molecular weight excluding hydrogens is 282 g/mol. The first-order valence-corrected chi connectivity index (χ1v) is 6.75. The van der Waals surface area contributed by atoms with Crippen molar-refractivity contribution in [3.8, 4) is 29.1 Å². The van der Waals surface area contributed by atoms with Crippen molar-refractivity contribution in [2.75, 3.05) is 27.4 Å². The molecule has 0 heterocycles. The maximum atomic E-state index is 9.09. The monoisotopic (exact) mass is 299 g/mol. The molecule has 0 radical (unpaired) electrons. The molecule has 0 bridgehead atoms. The first-order valence-electron chi connectivity index (χ1n) is 6.75. The summed E-state index contributed by atoms with van der Waals surface area (Å²) in [6.07, 6.45) is 0. The number of benzene rings is 2. The average molecular weight is 299 g/mol. The molecule has 0 N–H and O–H groups in total. The highest BCUT2D eigenvalue weighted by Crippen LogP contribution is 2.30. The third-order valence-corrected chi connectivity index (χ3v) is 2.98. The summed E-state index contributed by atoms with van der Waals surface area (Å²) in [6.45, 7) is 0.663. The summed E-state index contributed by atoms with van der Waals surface area (Å²) in [5.41, 5.74) is 0.434. The molecule has 0 aliphatic carbocycles. The van der Waals surface area contributed by atoms with E-state index in [0.29, 0.717) is 30.3 Å². The van der Waals surface area contributed by atoms with E-state index in [1.54, 1.807) is 25.3 Å². The molecule has 5 nitrogen and oxygen atoms in total. The molecule has 0 spiro atoms. The Morgan fingerprint density at radius 1 is 0.864 bits per heavy atom. The topological polar surface area (TPSA) is 60.7 Å². The summed E-state index contributed by atoms with van der Waals surface area (Å²) in [4.78, 5) is 0. The quantitative estimate of drug-likeness (QED) is 0.735. The molecule has 0 amide bonds. The van der Waals surface area contributed by atoms with Gasteiger partial charge in [-0.05, 0) is 36.4 Å². The van der Waals surface area contributed by atoms with Gasteiger partial charge in [0.1, 0.15) is 30.8 Å². The first kappa shape index (κ1) is 15.5. The molecule has 22 heavy (non-hydrogen) atoms. The van der Waals surface area contributed by atoms with E-state index in [0.717, 1.165) is 11.5 Å². The van der Waals surface area contributed by atoms with E-state index in [9.17, 15) is 0 Å². The van der Waals surface area contributed by atoms with Crippen molar-refractivity contribution in [1.29, 1.82) is 5.26 Å². The maximum absolute atomic E-state index is 9.09. The van der Waals surface area contributed by atoms with Crippen molar-refractivity contribution in [2.24, 2.45) is 0 Å². The van der Waals surface area contributed by atoms with Crippen molar-refractivity contribution < 1.29 is 18.9 Å². The Balaban J connectivity index is 1.90. The van der Waals surface area contributed by atoms with Crippen LogP contribution in [0.5, 0.6) is 23.0 Å². The highest BCUT2D eigenvalue weighted by atomic mass is 16.5. The molecule has 114 valence electrons. The molecule has 0 atom stereocenters. The molecule has 0 aliphatic rings. The summed E-state index contributed by atoms with van der Waals surface area (Å²) >= 11 is 0. The molecule has 2 aromatic rings. The van der Waals surface area contributed by atoms with Crippen LogP contribution >= 0.6 is 0 Å². The molecule has 0 aliphatic heterocycles. The van der Waals surface area contributed by atoms with Gasteiger partial charge in [0.25, 0.3) is 0 Å². The van der Waals surface area contributed by atoms with E-state index in [4.69, 9.17) is 24.2 Å². The molecular formula is C17H17NO4. The summed E-state index contributed by atoms with van der Waals surface area (Å²) in [6, 6.07) is 14.6. The lowest BCUT2D eigenvalue weighted by molar-refractivity contribution is 0.211. The number of hydrogen-bond acceptors (Lipinski definition) is 5. The lowest BCUT2D eigenvalue weighted by Crippen LogP contribution is -2.10. The van der Waals surface area contributed by atoms with Crippen LogP contribution in [0.4, 0.5) is 0 Å². The van der Waals surface area contributed by atoms with Crippen LogP contribution < -0.4 is 18.9 Å². The van der Waals surface area contributed by atoms with Crippen LogP contribution in [0.15, 0.2) is 42.5 Å². The summed E-state index contributed by atoms with van der Waals surface area (Å²) < 4.78 is 21.5. The predicted octanol–water partition coefficient (Wildman–Crippen LogP) is 3.03. The van der Waals surface area contributed by atoms with E-state index in [2.05, 4.69) is 6.07 Å². The van der Waals surface area contributed by atoms with Gasteiger partial charge in [0.05, 0.1) is 19.8 Å². The normalized spacial score (nSPS) is 9.68. The third-order valence-electron chi connectivity index (χ3n) is 2.98. The fraction of sp³-hybridized carbons (Fsp3) is 0.235. The van der Waals surface area contributed by atoms with Gasteiger partial charge in [-0.15, -0.1) is 0 Å². The van der Waals surface area contributed by atoms with Crippen LogP contribution in [0.1, 0.15) is 5.56 Å². The SMILES string of the molecule is COc1ccc(OCCOc2c(C#N)cccc2OC)cc1. The summed E-state index contributed by atoms with van der Waals surface area (Å²) in [5, 5.41) is 9.09. The van der Waals surface area contributed by atoms with Crippen molar-refractivity contribution in [2.45, 2.75) is 0 Å². The fourth-order valence-corrected chi connectivity index (χ4v) is 1.89. The number of ether oxygens (including phenoxy) is 4. The minimum absolute atomic E-state index is 0.307. The van der Waals surface area contributed by atoms with Crippen molar-refractivity contribution in [3.63, 3.8) is 0 Å². The Morgan fingerprint density at radius 3 is 2.18 bits per heavy atom. The van der Waals surface area contributed by atoms with E-state index < -0.39 is 0 Å². The number of rotatable bonds is 7. The van der Waals surface area contributed by atoms with Crippen molar-refractivity contribution in [3.05, 3.63) is 48.0 Å². The van der Waals surface area contributed by atoms with Gasteiger partial charge in [0.2, 0.25) is 0 Å². The average Bonchev–Trinajstić information content (AvgIpc) is 2.59. The number of nitrogens with zero attached hydrogens (tertiary/aromatic N) is 1. The maximum Gasteiger partial charge on any atom is 0.179 e. The second-order valence-corrected chi connectivity index (χ2v) is 4.32. The fourth-order valence-electron chi connectivity index (χ4n) is 1.89. The largest absolute Gasteiger partial charge is 0.497 e. The van der Waals surface area contributed by atoms with Crippen molar-refractivity contribution >= 4 is 0 Å². The van der Waals surface area contributed by atoms with E-state index >= 15 is 0 Å². The Hall–Kier alpha value is -2.87. The highest BCUT2D eigenvalue weighted by Gasteiger charge is 2.10. The molecule has 0 unspecified atom stereocenters. The highest BCUT2D eigenvalue weighted by molar-refractivity contribution is 5.52. The summed E-state index contributed by atoms with van der Waals surface area (Å²) in [7, 11) is 3.15. The van der Waals surface area contributed by atoms with Gasteiger partial charge in [-0.1, -0.05) is 6.07 Å². The molecule has 5 heteroatoms. The zero-order valence-electron chi connectivity index (χ0n) is 12.5. The second kappa shape index (κ2) is 7.79. The molecule has 0 aromatic heterocycles. The van der Waals surface area contributed by atoms with Gasteiger partial charge >= 0.3 is 0 Å². The number of para-hydroxylation sites is 1. The van der Waals surface area contributed by atoms with Gasteiger partial charge in [0.15, 0.2) is 11.5 Å². The molecule has 0 fully saturated rings. The van der Waals surface area contributed by atoms with Gasteiger partial charge in [-0.3, -0.25) is 0 Å². The van der Waals surface area contributed by atoms with E-state index in [-0.39, 0.29) is 0 Å². The Labute approximate surface area is 129 Å². The van der Waals surface area contributed by atoms with Crippen molar-refractivity contribution in [1.82, 2.24) is 0 Å². The Kier molecular flexibility index (Phi) is 5.50. The van der Waals surface area contributed by atoms with E-state index in [1.165, 1.54) is 7.11 Å². The first-order chi connectivity index (χ1) is 10.8. The van der Waals surface area contributed by atoms with Gasteiger partial charge in [-0.25, -0.2) is 0 Å². The number of hydrogen-bond donors (Lipinski definition) is 0. The van der Waals surface area contributed by atoms with Gasteiger partial charge in [0, 0.05) is 0 Å². The Bertz CT molecular complexity index is 647. The van der Waals surface area contributed by atoms with E-state index in [1.807, 2.05) is 24.3 Å². The Morgan fingerprint density at radius 2 is 1.55 bits per heavy atom.